The van der Waals surface area contributed by atoms with E-state index in [0.717, 1.165) is 0 Å². The van der Waals surface area contributed by atoms with E-state index in [2.05, 4.69) is 10.0 Å². The fourth-order valence-corrected chi connectivity index (χ4v) is 3.96. The Hall–Kier alpha value is -2.65. The number of morpholine rings is 1. The Morgan fingerprint density at radius 1 is 1.06 bits per heavy atom. The quantitative estimate of drug-likeness (QED) is 0.651. The van der Waals surface area contributed by atoms with Crippen molar-refractivity contribution < 1.29 is 22.3 Å². The van der Waals surface area contributed by atoms with Gasteiger partial charge in [0.2, 0.25) is 10.0 Å². The van der Waals surface area contributed by atoms with Gasteiger partial charge < -0.3 is 15.0 Å². The van der Waals surface area contributed by atoms with Gasteiger partial charge in [-0.25, -0.2) is 12.8 Å². The summed E-state index contributed by atoms with van der Waals surface area (Å²) >= 11 is 0. The smallest absolute Gasteiger partial charge is 0.255 e. The molecule has 0 bridgehead atoms. The van der Waals surface area contributed by atoms with Crippen molar-refractivity contribution in [2.45, 2.75) is 51.4 Å². The molecule has 1 fully saturated rings. The maximum atomic E-state index is 14.5. The number of halogens is 1. The topological polar surface area (TPSA) is 87.7 Å². The van der Waals surface area contributed by atoms with Crippen molar-refractivity contribution >= 4 is 33.0 Å². The second kappa shape index (κ2) is 9.23. The van der Waals surface area contributed by atoms with Crippen molar-refractivity contribution in [2.75, 3.05) is 21.5 Å². The van der Waals surface area contributed by atoms with Crippen molar-refractivity contribution in [1.29, 1.82) is 0 Å². The van der Waals surface area contributed by atoms with E-state index in [4.69, 9.17) is 4.74 Å². The Morgan fingerprint density at radius 2 is 1.65 bits per heavy atom. The number of carbonyl (C=O) groups is 1. The van der Waals surface area contributed by atoms with Gasteiger partial charge in [0.25, 0.3) is 5.91 Å². The summed E-state index contributed by atoms with van der Waals surface area (Å²) in [6.07, 6.45) is -1.83. The van der Waals surface area contributed by atoms with Crippen LogP contribution in [-0.2, 0) is 14.8 Å². The lowest BCUT2D eigenvalue weighted by Crippen LogP contribution is -2.51. The highest BCUT2D eigenvalue weighted by atomic mass is 32.2. The minimum Gasteiger partial charge on any atom is -0.369 e. The fraction of sp³-hybridized carbons (Fsp3) is 0.409. The normalized spacial score (nSPS) is 21.7. The first-order chi connectivity index (χ1) is 14.6. The zero-order valence-corrected chi connectivity index (χ0v) is 18.8. The van der Waals surface area contributed by atoms with E-state index >= 15 is 0 Å². The number of nitrogens with zero attached hydrogens (tertiary/aromatic N) is 1. The van der Waals surface area contributed by atoms with E-state index < -0.39 is 27.7 Å². The maximum absolute atomic E-state index is 14.5. The number of anilines is 3. The van der Waals surface area contributed by atoms with Gasteiger partial charge in [-0.05, 0) is 76.2 Å². The molecule has 2 N–H and O–H groups in total. The molecule has 0 aromatic heterocycles. The molecule has 9 heteroatoms. The van der Waals surface area contributed by atoms with Crippen LogP contribution in [0.5, 0.6) is 0 Å². The molecule has 1 aliphatic rings. The molecule has 1 unspecified atom stereocenters. The number of ether oxygens (including phenoxy) is 1. The van der Waals surface area contributed by atoms with Crippen LogP contribution in [0.4, 0.5) is 21.5 Å². The zero-order valence-electron chi connectivity index (χ0n) is 18.0. The van der Waals surface area contributed by atoms with E-state index in [-0.39, 0.29) is 12.0 Å². The van der Waals surface area contributed by atoms with E-state index in [1.165, 1.54) is 0 Å². The van der Waals surface area contributed by atoms with Gasteiger partial charge in [0.15, 0.2) is 6.30 Å². The van der Waals surface area contributed by atoms with Crippen molar-refractivity contribution in [2.24, 2.45) is 0 Å². The fourth-order valence-electron chi connectivity index (χ4n) is 3.26. The molecule has 0 saturated carbocycles. The molecule has 2 aromatic rings. The van der Waals surface area contributed by atoms with Gasteiger partial charge in [-0.3, -0.25) is 9.52 Å². The van der Waals surface area contributed by atoms with Gasteiger partial charge in [-0.2, -0.15) is 0 Å². The SMILES string of the molecule is CC(C)S(=O)(=O)Nc1ccc(C(=O)Nc2ccc(N3C[C@H](C)O[C@H](C)C3F)cc2)cc1. The second-order valence-corrected chi connectivity index (χ2v) is 10.2. The number of benzene rings is 2. The minimum atomic E-state index is -3.45. The Balaban J connectivity index is 1.64. The molecule has 1 saturated heterocycles. The van der Waals surface area contributed by atoms with Crippen LogP contribution in [-0.4, -0.2) is 44.6 Å². The lowest BCUT2D eigenvalue weighted by molar-refractivity contribution is -0.0614. The summed E-state index contributed by atoms with van der Waals surface area (Å²) in [5.41, 5.74) is 2.07. The average Bonchev–Trinajstić information content (AvgIpc) is 2.71. The standard InChI is InChI=1S/C22H28FN3O4S/c1-14(2)31(28,29)25-19-7-5-17(6-8-19)22(27)24-18-9-11-20(12-10-18)26-13-15(3)30-16(4)21(26)23/h5-12,14-16,21,25H,13H2,1-4H3,(H,24,27)/t15-,16+,21?/m0/s1. The van der Waals surface area contributed by atoms with Crippen LogP contribution in [0.3, 0.4) is 0 Å². The Morgan fingerprint density at radius 3 is 2.23 bits per heavy atom. The van der Waals surface area contributed by atoms with Crippen LogP contribution in [0, 0.1) is 0 Å². The average molecular weight is 450 g/mol. The van der Waals surface area contributed by atoms with Gasteiger partial charge in [0, 0.05) is 29.2 Å². The van der Waals surface area contributed by atoms with Crippen LogP contribution >= 0.6 is 0 Å². The number of nitrogens with one attached hydrogen (secondary N) is 2. The number of carbonyl (C=O) groups excluding carboxylic acids is 1. The molecule has 1 aliphatic heterocycles. The number of sulfonamides is 1. The summed E-state index contributed by atoms with van der Waals surface area (Å²) in [7, 11) is -3.45. The molecule has 7 nitrogen and oxygen atoms in total. The first kappa shape index (κ1) is 23.0. The number of hydrogen-bond acceptors (Lipinski definition) is 5. The van der Waals surface area contributed by atoms with Crippen LogP contribution < -0.4 is 14.9 Å². The largest absolute Gasteiger partial charge is 0.369 e. The van der Waals surface area contributed by atoms with Gasteiger partial charge in [-0.1, -0.05) is 0 Å². The van der Waals surface area contributed by atoms with Crippen molar-refractivity contribution in [3.05, 3.63) is 54.1 Å². The molecule has 0 spiro atoms. The molecule has 31 heavy (non-hydrogen) atoms. The van der Waals surface area contributed by atoms with Gasteiger partial charge in [-0.15, -0.1) is 0 Å². The van der Waals surface area contributed by atoms with Crippen molar-refractivity contribution in [1.82, 2.24) is 0 Å². The summed E-state index contributed by atoms with van der Waals surface area (Å²) in [6.45, 7) is 7.24. The number of hydrogen-bond donors (Lipinski definition) is 2. The molecular formula is C22H28FN3O4S. The highest BCUT2D eigenvalue weighted by Gasteiger charge is 2.32. The molecule has 1 heterocycles. The highest BCUT2D eigenvalue weighted by molar-refractivity contribution is 7.93. The third kappa shape index (κ3) is 5.54. The van der Waals surface area contributed by atoms with Gasteiger partial charge in [0.05, 0.1) is 11.4 Å². The highest BCUT2D eigenvalue weighted by Crippen LogP contribution is 2.27. The van der Waals surface area contributed by atoms with Crippen LogP contribution in [0.1, 0.15) is 38.1 Å². The number of amides is 1. The van der Waals surface area contributed by atoms with Crippen LogP contribution in [0.2, 0.25) is 0 Å². The Bertz CT molecular complexity index is 1010. The monoisotopic (exact) mass is 449 g/mol. The molecule has 2 aromatic carbocycles. The van der Waals surface area contributed by atoms with E-state index in [1.807, 2.05) is 6.92 Å². The molecule has 168 valence electrons. The Labute approximate surface area is 182 Å². The lowest BCUT2D eigenvalue weighted by atomic mass is 10.1. The lowest BCUT2D eigenvalue weighted by Gasteiger charge is -2.39. The van der Waals surface area contributed by atoms with Crippen molar-refractivity contribution in [3.63, 3.8) is 0 Å². The van der Waals surface area contributed by atoms with Gasteiger partial charge >= 0.3 is 0 Å². The minimum absolute atomic E-state index is 0.0747. The zero-order chi connectivity index (χ0) is 22.8. The predicted molar refractivity (Wildman–Crippen MR) is 121 cm³/mol. The molecule has 0 radical (unpaired) electrons. The molecule has 3 atom stereocenters. The summed E-state index contributed by atoms with van der Waals surface area (Å²) < 4.78 is 46.4. The maximum Gasteiger partial charge on any atom is 0.255 e. The van der Waals surface area contributed by atoms with E-state index in [9.17, 15) is 17.6 Å². The van der Waals surface area contributed by atoms with Gasteiger partial charge in [0.1, 0.15) is 6.10 Å². The molecule has 0 aliphatic carbocycles. The first-order valence-corrected chi connectivity index (χ1v) is 11.7. The molecular weight excluding hydrogens is 421 g/mol. The summed E-state index contributed by atoms with van der Waals surface area (Å²) in [5, 5.41) is 2.23. The Kier molecular flexibility index (Phi) is 6.86. The summed E-state index contributed by atoms with van der Waals surface area (Å²) in [6, 6.07) is 13.1. The van der Waals surface area contributed by atoms with Crippen LogP contribution in [0.25, 0.3) is 0 Å². The van der Waals surface area contributed by atoms with E-state index in [1.54, 1.807) is 74.2 Å². The number of alkyl halides is 1. The molecule has 3 rings (SSSR count). The van der Waals surface area contributed by atoms with Crippen molar-refractivity contribution in [3.8, 4) is 0 Å². The summed E-state index contributed by atoms with van der Waals surface area (Å²) in [4.78, 5) is 14.2. The van der Waals surface area contributed by atoms with Crippen LogP contribution in [0.15, 0.2) is 48.5 Å². The second-order valence-electron chi connectivity index (χ2n) is 7.95. The number of rotatable bonds is 6. The van der Waals surface area contributed by atoms with E-state index in [0.29, 0.717) is 29.2 Å². The predicted octanol–water partition coefficient (Wildman–Crippen LogP) is 4.00. The summed E-state index contributed by atoms with van der Waals surface area (Å²) in [5.74, 6) is -0.331. The third-order valence-corrected chi connectivity index (χ3v) is 6.83. The third-order valence-electron chi connectivity index (χ3n) is 5.07. The molecule has 1 amide bonds. The first-order valence-electron chi connectivity index (χ1n) is 10.2.